The molecule has 0 radical (unpaired) electrons. The van der Waals surface area contributed by atoms with E-state index in [9.17, 15) is 0 Å². The minimum atomic E-state index is -0.0428. The maximum Gasteiger partial charge on any atom is 0.185 e. The predicted octanol–water partition coefficient (Wildman–Crippen LogP) is 14.3. The predicted molar refractivity (Wildman–Crippen MR) is 241 cm³/mol. The standard InChI is InChI=1S/2C26H18O.CHBrO/c2*1-5-17-9-3-11-21-23(15-13-19(7-1)25(17)21)27-24-16-14-20-8-2-6-18-10-4-12-22(24)26(18)20;2-1-3/h2*1-16,23-24H;1H. The van der Waals surface area contributed by atoms with Crippen LogP contribution in [-0.4, -0.2) is 5.20 Å². The topological polar surface area (TPSA) is 35.5 Å². The highest BCUT2D eigenvalue weighted by Gasteiger charge is 2.26. The molecule has 4 aliphatic carbocycles. The van der Waals surface area contributed by atoms with Gasteiger partial charge in [-0.05, 0) is 104 Å². The molecule has 3 nitrogen and oxygen atoms in total. The van der Waals surface area contributed by atoms with Crippen molar-refractivity contribution in [3.8, 4) is 0 Å². The molecule has 4 aliphatic rings. The van der Waals surface area contributed by atoms with Crippen LogP contribution in [0.25, 0.3) is 67.4 Å². The summed E-state index contributed by atoms with van der Waals surface area (Å²) < 4.78 is 13.3. The van der Waals surface area contributed by atoms with Gasteiger partial charge in [-0.25, -0.2) is 0 Å². The van der Waals surface area contributed by atoms with Crippen molar-refractivity contribution in [3.05, 3.63) is 214 Å². The maximum absolute atomic E-state index is 8.72. The highest BCUT2D eigenvalue weighted by molar-refractivity contribution is 9.17. The molecule has 8 aromatic rings. The summed E-state index contributed by atoms with van der Waals surface area (Å²) in [6.07, 6.45) is 17.4. The number of rotatable bonds is 4. The average Bonchev–Trinajstić information content (AvgIpc) is 3.26. The average molecular weight is 802 g/mol. The first-order valence-electron chi connectivity index (χ1n) is 19.3. The van der Waals surface area contributed by atoms with Gasteiger partial charge in [0.1, 0.15) is 24.4 Å². The smallest absolute Gasteiger partial charge is 0.185 e. The second-order valence-electron chi connectivity index (χ2n) is 14.7. The summed E-state index contributed by atoms with van der Waals surface area (Å²) in [4.78, 5) is 8.72. The van der Waals surface area contributed by atoms with Gasteiger partial charge in [-0.3, -0.25) is 4.79 Å². The van der Waals surface area contributed by atoms with Crippen molar-refractivity contribution in [1.82, 2.24) is 0 Å². The van der Waals surface area contributed by atoms with E-state index in [1.165, 1.54) is 87.6 Å². The normalized spacial score (nSPS) is 18.9. The van der Waals surface area contributed by atoms with E-state index in [0.29, 0.717) is 5.20 Å². The molecule has 57 heavy (non-hydrogen) atoms. The number of benzene rings is 8. The molecule has 274 valence electrons. The third kappa shape index (κ3) is 6.36. The SMILES string of the molecule is C1=CC(OC2C=Cc3cccc4cccc2c34)c2cccc3cccc1c23.C1=CC(OC2C=Cc3cccc4cccc2c34)c2cccc3cccc1c23.O=CBr. The Kier molecular flexibility index (Phi) is 9.31. The largest absolute Gasteiger partial charge is 0.357 e. The Balaban J connectivity index is 0.000000130. The molecule has 4 unspecified atom stereocenters. The fraction of sp³-hybridized carbons (Fsp3) is 0.0755. The summed E-state index contributed by atoms with van der Waals surface area (Å²) in [5.74, 6) is 0. The van der Waals surface area contributed by atoms with Gasteiger partial charge in [0.2, 0.25) is 0 Å². The summed E-state index contributed by atoms with van der Waals surface area (Å²) >= 11 is 2.47. The molecule has 4 heteroatoms. The first kappa shape index (κ1) is 35.3. The Bertz CT molecular complexity index is 2570. The Hall–Kier alpha value is -6.17. The summed E-state index contributed by atoms with van der Waals surface area (Å²) in [5, 5.41) is 10.9. The van der Waals surface area contributed by atoms with E-state index in [4.69, 9.17) is 14.3 Å². The molecule has 0 N–H and O–H groups in total. The number of halogens is 1. The molecule has 0 saturated carbocycles. The molecule has 0 saturated heterocycles. The Morgan fingerprint density at radius 3 is 0.789 bits per heavy atom. The fourth-order valence-corrected chi connectivity index (χ4v) is 9.07. The molecular formula is C53H37BrO3. The van der Waals surface area contributed by atoms with Gasteiger partial charge in [0.25, 0.3) is 0 Å². The van der Waals surface area contributed by atoms with E-state index >= 15 is 0 Å². The maximum atomic E-state index is 8.72. The van der Waals surface area contributed by atoms with Crippen molar-refractivity contribution in [2.75, 3.05) is 0 Å². The molecular weight excluding hydrogens is 764 g/mol. The van der Waals surface area contributed by atoms with Crippen molar-refractivity contribution in [2.45, 2.75) is 24.4 Å². The van der Waals surface area contributed by atoms with Gasteiger partial charge < -0.3 is 9.47 Å². The zero-order valence-electron chi connectivity index (χ0n) is 31.0. The van der Waals surface area contributed by atoms with E-state index in [2.05, 4.69) is 210 Å². The first-order valence-corrected chi connectivity index (χ1v) is 20.2. The van der Waals surface area contributed by atoms with Gasteiger partial charge >= 0.3 is 0 Å². The molecule has 0 aromatic heterocycles. The van der Waals surface area contributed by atoms with Crippen LogP contribution in [0.5, 0.6) is 0 Å². The van der Waals surface area contributed by atoms with Crippen LogP contribution in [0, 0.1) is 0 Å². The van der Waals surface area contributed by atoms with Crippen molar-refractivity contribution < 1.29 is 14.3 Å². The number of hydrogen-bond donors (Lipinski definition) is 0. The van der Waals surface area contributed by atoms with Crippen LogP contribution in [0.1, 0.15) is 68.9 Å². The minimum absolute atomic E-state index is 0.0428. The van der Waals surface area contributed by atoms with Crippen molar-refractivity contribution in [3.63, 3.8) is 0 Å². The first-order chi connectivity index (χ1) is 28.2. The Morgan fingerprint density at radius 2 is 0.561 bits per heavy atom. The molecule has 0 amide bonds. The zero-order chi connectivity index (χ0) is 38.3. The summed E-state index contributed by atoms with van der Waals surface area (Å²) in [6, 6.07) is 51.9. The third-order valence-electron chi connectivity index (χ3n) is 11.5. The lowest BCUT2D eigenvalue weighted by Crippen LogP contribution is -2.12. The fourth-order valence-electron chi connectivity index (χ4n) is 9.07. The van der Waals surface area contributed by atoms with E-state index in [1.807, 2.05) is 0 Å². The van der Waals surface area contributed by atoms with Gasteiger partial charge in [0, 0.05) is 0 Å². The van der Waals surface area contributed by atoms with Gasteiger partial charge in [0.05, 0.1) is 0 Å². The molecule has 12 rings (SSSR count). The van der Waals surface area contributed by atoms with Crippen LogP contribution >= 0.6 is 15.9 Å². The van der Waals surface area contributed by atoms with E-state index < -0.39 is 0 Å². The molecule has 0 aliphatic heterocycles. The lowest BCUT2D eigenvalue weighted by molar-refractivity contribution is 0.0417. The highest BCUT2D eigenvalue weighted by Crippen LogP contribution is 2.43. The van der Waals surface area contributed by atoms with E-state index in [-0.39, 0.29) is 24.4 Å². The van der Waals surface area contributed by atoms with Crippen LogP contribution in [0.15, 0.2) is 170 Å². The molecule has 4 atom stereocenters. The Labute approximate surface area is 340 Å². The van der Waals surface area contributed by atoms with E-state index in [0.717, 1.165) is 0 Å². The summed E-state index contributed by atoms with van der Waals surface area (Å²) in [5.41, 5.74) is 10.1. The monoisotopic (exact) mass is 800 g/mol. The van der Waals surface area contributed by atoms with Crippen LogP contribution in [-0.2, 0) is 14.3 Å². The zero-order valence-corrected chi connectivity index (χ0v) is 32.6. The number of carbonyl (C=O) groups is 1. The van der Waals surface area contributed by atoms with Crippen molar-refractivity contribution >= 4 is 88.5 Å². The Morgan fingerprint density at radius 1 is 0.351 bits per heavy atom. The van der Waals surface area contributed by atoms with Crippen molar-refractivity contribution in [1.29, 1.82) is 0 Å². The minimum Gasteiger partial charge on any atom is -0.357 e. The van der Waals surface area contributed by atoms with Gasteiger partial charge in [-0.15, -0.1) is 0 Å². The van der Waals surface area contributed by atoms with Crippen LogP contribution in [0.2, 0.25) is 0 Å². The summed E-state index contributed by atoms with van der Waals surface area (Å²) in [7, 11) is 0. The number of ether oxygens (including phenoxy) is 2. The van der Waals surface area contributed by atoms with Gasteiger partial charge in [-0.2, -0.15) is 0 Å². The molecule has 8 aromatic carbocycles. The highest BCUT2D eigenvalue weighted by atomic mass is 79.9. The van der Waals surface area contributed by atoms with Gasteiger partial charge in [0.15, 0.2) is 5.20 Å². The summed E-state index contributed by atoms with van der Waals surface area (Å²) in [6.45, 7) is 0. The third-order valence-corrected chi connectivity index (χ3v) is 11.5. The molecule has 0 bridgehead atoms. The molecule has 0 fully saturated rings. The molecule has 0 heterocycles. The lowest BCUT2D eigenvalue weighted by Gasteiger charge is -2.28. The van der Waals surface area contributed by atoms with Crippen LogP contribution in [0.4, 0.5) is 0 Å². The number of hydrogen-bond acceptors (Lipinski definition) is 3. The quantitative estimate of drug-likeness (QED) is 0.131. The van der Waals surface area contributed by atoms with Crippen LogP contribution < -0.4 is 0 Å². The second kappa shape index (κ2) is 15.1. The van der Waals surface area contributed by atoms with Gasteiger partial charge in [-0.1, -0.05) is 194 Å². The number of carbonyl (C=O) groups excluding carboxylic acids is 1. The second-order valence-corrected chi connectivity index (χ2v) is 15.0. The van der Waals surface area contributed by atoms with Crippen molar-refractivity contribution in [2.24, 2.45) is 0 Å². The van der Waals surface area contributed by atoms with Crippen LogP contribution in [0.3, 0.4) is 0 Å². The van der Waals surface area contributed by atoms with E-state index in [1.54, 1.807) is 0 Å². The molecule has 0 spiro atoms. The lowest BCUT2D eigenvalue weighted by atomic mass is 9.89.